The largest absolute Gasteiger partial charge is 0.373 e. The molecule has 1 fully saturated rings. The number of ether oxygens (including phenoxy) is 1. The maximum Gasteiger partial charge on any atom is 0.188 e. The number of hydrogen-bond acceptors (Lipinski definition) is 2. The third-order valence-corrected chi connectivity index (χ3v) is 4.08. The highest BCUT2D eigenvalue weighted by Crippen LogP contribution is 2.33. The molecule has 1 aromatic rings. The van der Waals surface area contributed by atoms with Crippen molar-refractivity contribution >= 4 is 5.96 Å². The molecule has 0 aromatic heterocycles. The van der Waals surface area contributed by atoms with Gasteiger partial charge < -0.3 is 15.8 Å². The summed E-state index contributed by atoms with van der Waals surface area (Å²) in [6, 6.07) is 10.8. The zero-order chi connectivity index (χ0) is 15.1. The topological polar surface area (TPSA) is 59.6 Å². The van der Waals surface area contributed by atoms with Crippen LogP contribution in [0.1, 0.15) is 44.8 Å². The number of nitrogens with zero attached hydrogens (tertiary/aromatic N) is 1. The second-order valence-electron chi connectivity index (χ2n) is 5.78. The van der Waals surface area contributed by atoms with Crippen LogP contribution in [0.5, 0.6) is 0 Å². The van der Waals surface area contributed by atoms with Gasteiger partial charge in [0.05, 0.1) is 6.10 Å². The summed E-state index contributed by atoms with van der Waals surface area (Å²) in [4.78, 5) is 4.51. The number of hydrogen-bond donors (Lipinski definition) is 2. The van der Waals surface area contributed by atoms with Crippen LogP contribution in [0.4, 0.5) is 0 Å². The zero-order valence-corrected chi connectivity index (χ0v) is 13.1. The van der Waals surface area contributed by atoms with Gasteiger partial charge in [-0.1, -0.05) is 37.3 Å². The van der Waals surface area contributed by atoms with Gasteiger partial charge in [0.25, 0.3) is 0 Å². The molecular formula is C17H27N3O. The average molecular weight is 289 g/mol. The van der Waals surface area contributed by atoms with E-state index in [2.05, 4.69) is 48.4 Å². The van der Waals surface area contributed by atoms with Gasteiger partial charge in [-0.15, -0.1) is 0 Å². The quantitative estimate of drug-likeness (QED) is 0.647. The van der Waals surface area contributed by atoms with Crippen molar-refractivity contribution in [2.45, 2.75) is 45.3 Å². The fraction of sp³-hybridized carbons (Fsp3) is 0.588. The molecule has 3 N–H and O–H groups in total. The Hall–Kier alpha value is -1.55. The molecule has 3 unspecified atom stereocenters. The van der Waals surface area contributed by atoms with Gasteiger partial charge >= 0.3 is 0 Å². The summed E-state index contributed by atoms with van der Waals surface area (Å²) in [6.07, 6.45) is 3.41. The summed E-state index contributed by atoms with van der Waals surface area (Å²) in [5.41, 5.74) is 7.19. The number of guanidine groups is 1. The number of nitrogens with one attached hydrogen (secondary N) is 1. The van der Waals surface area contributed by atoms with Crippen molar-refractivity contribution in [3.8, 4) is 0 Å². The predicted octanol–water partition coefficient (Wildman–Crippen LogP) is 2.86. The molecule has 1 aromatic carbocycles. The molecule has 4 nitrogen and oxygen atoms in total. The molecule has 3 atom stereocenters. The summed E-state index contributed by atoms with van der Waals surface area (Å²) in [5.74, 6) is 0.945. The summed E-state index contributed by atoms with van der Waals surface area (Å²) < 4.78 is 5.98. The summed E-state index contributed by atoms with van der Waals surface area (Å²) >= 11 is 0. The molecule has 4 heteroatoms. The van der Waals surface area contributed by atoms with E-state index < -0.39 is 0 Å². The third kappa shape index (κ3) is 4.74. The molecule has 1 aliphatic heterocycles. The number of aliphatic imine (C=N–C) groups is 1. The van der Waals surface area contributed by atoms with Crippen LogP contribution in [0.15, 0.2) is 35.3 Å². The van der Waals surface area contributed by atoms with Crippen molar-refractivity contribution in [2.75, 3.05) is 13.2 Å². The number of nitrogens with two attached hydrogens (primary N) is 1. The first-order chi connectivity index (χ1) is 10.2. The van der Waals surface area contributed by atoms with Gasteiger partial charge in [0.1, 0.15) is 0 Å². The maximum atomic E-state index is 5.98. The second kappa shape index (κ2) is 8.03. The fourth-order valence-corrected chi connectivity index (χ4v) is 2.66. The van der Waals surface area contributed by atoms with E-state index in [9.17, 15) is 0 Å². The molecule has 0 aliphatic carbocycles. The van der Waals surface area contributed by atoms with E-state index in [0.717, 1.165) is 32.4 Å². The van der Waals surface area contributed by atoms with E-state index in [4.69, 9.17) is 10.5 Å². The molecule has 1 heterocycles. The van der Waals surface area contributed by atoms with Crippen LogP contribution in [-0.4, -0.2) is 25.2 Å². The van der Waals surface area contributed by atoms with Gasteiger partial charge in [-0.05, 0) is 31.7 Å². The van der Waals surface area contributed by atoms with E-state index in [1.807, 2.05) is 6.07 Å². The van der Waals surface area contributed by atoms with Crippen LogP contribution in [-0.2, 0) is 4.74 Å². The lowest BCUT2D eigenvalue weighted by Crippen LogP contribution is -2.38. The lowest BCUT2D eigenvalue weighted by atomic mass is 9.89. The Morgan fingerprint density at radius 1 is 1.43 bits per heavy atom. The van der Waals surface area contributed by atoms with Crippen molar-refractivity contribution in [3.05, 3.63) is 35.9 Å². The highest BCUT2D eigenvalue weighted by atomic mass is 16.5. The Kier molecular flexibility index (Phi) is 6.05. The van der Waals surface area contributed by atoms with E-state index >= 15 is 0 Å². The minimum absolute atomic E-state index is 0.139. The normalized spacial score (nSPS) is 24.6. The van der Waals surface area contributed by atoms with Crippen LogP contribution in [0.3, 0.4) is 0 Å². The average Bonchev–Trinajstić information content (AvgIpc) is 2.54. The highest BCUT2D eigenvalue weighted by Gasteiger charge is 2.27. The lowest BCUT2D eigenvalue weighted by Gasteiger charge is -2.31. The molecule has 0 spiro atoms. The second-order valence-corrected chi connectivity index (χ2v) is 5.78. The molecule has 21 heavy (non-hydrogen) atoms. The van der Waals surface area contributed by atoms with Crippen molar-refractivity contribution in [1.29, 1.82) is 0 Å². The van der Waals surface area contributed by atoms with E-state index in [0.29, 0.717) is 17.9 Å². The fourth-order valence-electron chi connectivity index (χ4n) is 2.66. The number of benzene rings is 1. The SMILES string of the molecule is CCC(C)NC(N)=NCC1CCCOC1c1ccccc1. The van der Waals surface area contributed by atoms with Gasteiger partial charge in [-0.2, -0.15) is 0 Å². The molecule has 2 rings (SSSR count). The Morgan fingerprint density at radius 2 is 2.19 bits per heavy atom. The van der Waals surface area contributed by atoms with Crippen LogP contribution < -0.4 is 11.1 Å². The smallest absolute Gasteiger partial charge is 0.188 e. The zero-order valence-electron chi connectivity index (χ0n) is 13.1. The predicted molar refractivity (Wildman–Crippen MR) is 87.2 cm³/mol. The van der Waals surface area contributed by atoms with Crippen molar-refractivity contribution in [3.63, 3.8) is 0 Å². The van der Waals surface area contributed by atoms with Crippen LogP contribution in [0.25, 0.3) is 0 Å². The first-order valence-corrected chi connectivity index (χ1v) is 7.93. The third-order valence-electron chi connectivity index (χ3n) is 4.08. The summed E-state index contributed by atoms with van der Waals surface area (Å²) in [7, 11) is 0. The van der Waals surface area contributed by atoms with E-state index in [1.54, 1.807) is 0 Å². The minimum atomic E-state index is 0.139. The Labute approximate surface area is 127 Å². The highest BCUT2D eigenvalue weighted by molar-refractivity contribution is 5.78. The summed E-state index contributed by atoms with van der Waals surface area (Å²) in [6.45, 7) is 5.79. The first-order valence-electron chi connectivity index (χ1n) is 7.93. The Balaban J connectivity index is 1.98. The minimum Gasteiger partial charge on any atom is -0.373 e. The standard InChI is InChI=1S/C17H27N3O/c1-3-13(2)20-17(18)19-12-15-10-7-11-21-16(15)14-8-5-4-6-9-14/h4-6,8-9,13,15-16H,3,7,10-12H2,1-2H3,(H3,18,19,20). The molecule has 1 aliphatic rings. The van der Waals surface area contributed by atoms with Gasteiger partial charge in [-0.3, -0.25) is 4.99 Å². The van der Waals surface area contributed by atoms with Gasteiger partial charge in [0.15, 0.2) is 5.96 Å². The molecule has 0 saturated carbocycles. The molecule has 116 valence electrons. The molecule has 0 amide bonds. The van der Waals surface area contributed by atoms with E-state index in [1.165, 1.54) is 5.56 Å². The number of rotatable bonds is 5. The molecular weight excluding hydrogens is 262 g/mol. The molecule has 1 saturated heterocycles. The lowest BCUT2D eigenvalue weighted by molar-refractivity contribution is -0.0250. The van der Waals surface area contributed by atoms with Gasteiger partial charge in [-0.25, -0.2) is 0 Å². The first kappa shape index (κ1) is 15.8. The van der Waals surface area contributed by atoms with Crippen molar-refractivity contribution < 1.29 is 4.74 Å². The monoisotopic (exact) mass is 289 g/mol. The van der Waals surface area contributed by atoms with E-state index in [-0.39, 0.29) is 6.10 Å². The maximum absolute atomic E-state index is 5.98. The van der Waals surface area contributed by atoms with Gasteiger partial charge in [0, 0.05) is 25.1 Å². The molecule has 0 bridgehead atoms. The molecule has 0 radical (unpaired) electrons. The summed E-state index contributed by atoms with van der Waals surface area (Å²) in [5, 5.41) is 3.21. The van der Waals surface area contributed by atoms with Crippen LogP contribution in [0.2, 0.25) is 0 Å². The van der Waals surface area contributed by atoms with Gasteiger partial charge in [0.2, 0.25) is 0 Å². The van der Waals surface area contributed by atoms with Crippen molar-refractivity contribution in [2.24, 2.45) is 16.6 Å². The van der Waals surface area contributed by atoms with Crippen molar-refractivity contribution in [1.82, 2.24) is 5.32 Å². The Bertz CT molecular complexity index is 447. The van der Waals surface area contributed by atoms with Crippen LogP contribution in [0, 0.1) is 5.92 Å². The van der Waals surface area contributed by atoms with Crippen LogP contribution >= 0.6 is 0 Å². The Morgan fingerprint density at radius 3 is 2.90 bits per heavy atom.